The molecule has 0 bridgehead atoms. The maximum absolute atomic E-state index is 12.1. The number of nitrogens with zero attached hydrogens (tertiary/aromatic N) is 1. The molecule has 0 aliphatic heterocycles. The maximum Gasteiger partial charge on any atom is 0.204 e. The number of methoxy groups -OCH3 is 3. The number of ether oxygens (including phenoxy) is 3. The summed E-state index contributed by atoms with van der Waals surface area (Å²) in [6, 6.07) is 5.30. The van der Waals surface area contributed by atoms with Crippen LogP contribution in [0.1, 0.15) is 23.7 Å². The number of carbonyl (C=O) groups excluding carboxylic acids is 1. The third-order valence-corrected chi connectivity index (χ3v) is 2.72. The first-order valence-corrected chi connectivity index (χ1v) is 5.80. The highest BCUT2D eigenvalue weighted by atomic mass is 16.5. The highest BCUT2D eigenvalue weighted by molar-refractivity contribution is 6.00. The van der Waals surface area contributed by atoms with Gasteiger partial charge in [-0.25, -0.2) is 0 Å². The molecule has 0 amide bonds. The lowest BCUT2D eigenvalue weighted by Gasteiger charge is -2.15. The standard InChI is InChI=1S/C14H17NO4/c1-9(8-15)7-11(16)10-5-6-12(17-2)14(19-4)13(10)18-3/h5-6,9H,7H2,1-4H3. The van der Waals surface area contributed by atoms with E-state index in [-0.39, 0.29) is 18.1 Å². The van der Waals surface area contributed by atoms with Crippen molar-refractivity contribution in [1.82, 2.24) is 0 Å². The SMILES string of the molecule is COc1ccc(C(=O)CC(C)C#N)c(OC)c1OC. The van der Waals surface area contributed by atoms with E-state index in [9.17, 15) is 4.79 Å². The van der Waals surface area contributed by atoms with Crippen LogP contribution in [0.15, 0.2) is 12.1 Å². The second kappa shape index (κ2) is 6.64. The van der Waals surface area contributed by atoms with E-state index in [0.29, 0.717) is 22.8 Å². The lowest BCUT2D eigenvalue weighted by Crippen LogP contribution is -2.08. The van der Waals surface area contributed by atoms with Gasteiger partial charge in [0.15, 0.2) is 17.3 Å². The van der Waals surface area contributed by atoms with E-state index < -0.39 is 0 Å². The Bertz CT molecular complexity index is 505. The molecule has 5 nitrogen and oxygen atoms in total. The number of hydrogen-bond donors (Lipinski definition) is 0. The van der Waals surface area contributed by atoms with Gasteiger partial charge in [0, 0.05) is 6.42 Å². The molecule has 5 heteroatoms. The molecule has 0 saturated carbocycles. The van der Waals surface area contributed by atoms with Gasteiger partial charge in [-0.1, -0.05) is 0 Å². The van der Waals surface area contributed by atoms with E-state index in [1.807, 2.05) is 6.07 Å². The van der Waals surface area contributed by atoms with Gasteiger partial charge in [-0.15, -0.1) is 0 Å². The molecule has 1 aromatic rings. The van der Waals surface area contributed by atoms with Gasteiger partial charge in [0.2, 0.25) is 5.75 Å². The van der Waals surface area contributed by atoms with Crippen LogP contribution in [0.4, 0.5) is 0 Å². The summed E-state index contributed by atoms with van der Waals surface area (Å²) in [6.45, 7) is 1.70. The van der Waals surface area contributed by atoms with Gasteiger partial charge in [-0.3, -0.25) is 4.79 Å². The van der Waals surface area contributed by atoms with Gasteiger partial charge in [0.1, 0.15) is 0 Å². The smallest absolute Gasteiger partial charge is 0.204 e. The average Bonchev–Trinajstić information content (AvgIpc) is 2.44. The molecule has 0 saturated heterocycles. The Hall–Kier alpha value is -2.22. The average molecular weight is 263 g/mol. The van der Waals surface area contributed by atoms with Crippen molar-refractivity contribution in [3.63, 3.8) is 0 Å². The van der Waals surface area contributed by atoms with Gasteiger partial charge < -0.3 is 14.2 Å². The zero-order chi connectivity index (χ0) is 14.4. The topological polar surface area (TPSA) is 68.6 Å². The highest BCUT2D eigenvalue weighted by Crippen LogP contribution is 2.40. The fourth-order valence-corrected chi connectivity index (χ4v) is 1.75. The fourth-order valence-electron chi connectivity index (χ4n) is 1.75. The first kappa shape index (κ1) is 14.8. The number of Topliss-reactive ketones (excluding diaryl/α,β-unsaturated/α-hetero) is 1. The Morgan fingerprint density at radius 1 is 1.21 bits per heavy atom. The Labute approximate surface area is 112 Å². The van der Waals surface area contributed by atoms with Gasteiger partial charge in [-0.05, 0) is 19.1 Å². The molecule has 19 heavy (non-hydrogen) atoms. The summed E-state index contributed by atoms with van der Waals surface area (Å²) in [5.74, 6) is 0.693. The van der Waals surface area contributed by atoms with Gasteiger partial charge in [0.25, 0.3) is 0 Å². The molecule has 0 heterocycles. The largest absolute Gasteiger partial charge is 0.493 e. The Morgan fingerprint density at radius 3 is 2.32 bits per heavy atom. The second-order valence-electron chi connectivity index (χ2n) is 4.04. The summed E-state index contributed by atoms with van der Waals surface area (Å²) in [4.78, 5) is 12.1. The molecule has 102 valence electrons. The lowest BCUT2D eigenvalue weighted by molar-refractivity contribution is 0.0969. The van der Waals surface area contributed by atoms with Gasteiger partial charge in [-0.2, -0.15) is 5.26 Å². The number of ketones is 1. The summed E-state index contributed by atoms with van der Waals surface area (Å²) in [7, 11) is 4.45. The normalized spacial score (nSPS) is 11.3. The molecule has 0 aliphatic rings. The highest BCUT2D eigenvalue weighted by Gasteiger charge is 2.21. The van der Waals surface area contributed by atoms with Crippen molar-refractivity contribution in [2.45, 2.75) is 13.3 Å². The van der Waals surface area contributed by atoms with Gasteiger partial charge in [0.05, 0.1) is 38.9 Å². The van der Waals surface area contributed by atoms with Crippen molar-refractivity contribution >= 4 is 5.78 Å². The number of nitriles is 1. The van der Waals surface area contributed by atoms with Crippen LogP contribution in [-0.4, -0.2) is 27.1 Å². The Balaban J connectivity index is 3.22. The molecule has 1 unspecified atom stereocenters. The zero-order valence-electron chi connectivity index (χ0n) is 11.5. The number of carbonyl (C=O) groups is 1. The zero-order valence-corrected chi connectivity index (χ0v) is 11.5. The van der Waals surface area contributed by atoms with E-state index >= 15 is 0 Å². The van der Waals surface area contributed by atoms with Crippen LogP contribution < -0.4 is 14.2 Å². The molecule has 0 fully saturated rings. The molecular formula is C14H17NO4. The summed E-state index contributed by atoms with van der Waals surface area (Å²) in [6.07, 6.45) is 0.141. The van der Waals surface area contributed by atoms with E-state index in [4.69, 9.17) is 19.5 Å². The van der Waals surface area contributed by atoms with Crippen molar-refractivity contribution < 1.29 is 19.0 Å². The molecule has 0 aliphatic carbocycles. The number of benzene rings is 1. The third-order valence-electron chi connectivity index (χ3n) is 2.72. The van der Waals surface area contributed by atoms with E-state index in [2.05, 4.69) is 0 Å². The predicted octanol–water partition coefficient (Wildman–Crippen LogP) is 2.44. The summed E-state index contributed by atoms with van der Waals surface area (Å²) in [5.41, 5.74) is 0.391. The van der Waals surface area contributed by atoms with Crippen molar-refractivity contribution in [2.24, 2.45) is 5.92 Å². The van der Waals surface area contributed by atoms with Crippen molar-refractivity contribution in [1.29, 1.82) is 5.26 Å². The molecule has 1 rings (SSSR count). The van der Waals surface area contributed by atoms with Crippen LogP contribution in [0.5, 0.6) is 17.2 Å². The summed E-state index contributed by atoms with van der Waals surface area (Å²) >= 11 is 0. The molecule has 1 aromatic carbocycles. The molecule has 0 spiro atoms. The first-order valence-electron chi connectivity index (χ1n) is 5.80. The molecule has 0 aromatic heterocycles. The number of hydrogen-bond acceptors (Lipinski definition) is 5. The molecule has 0 N–H and O–H groups in total. The summed E-state index contributed by atoms with van der Waals surface area (Å²) < 4.78 is 15.6. The van der Waals surface area contributed by atoms with Crippen LogP contribution in [-0.2, 0) is 0 Å². The van der Waals surface area contributed by atoms with Crippen LogP contribution in [0.2, 0.25) is 0 Å². The van der Waals surface area contributed by atoms with Crippen LogP contribution >= 0.6 is 0 Å². The minimum absolute atomic E-state index is 0.141. The quantitative estimate of drug-likeness (QED) is 0.737. The summed E-state index contributed by atoms with van der Waals surface area (Å²) in [5, 5.41) is 8.76. The van der Waals surface area contributed by atoms with E-state index in [0.717, 1.165) is 0 Å². The van der Waals surface area contributed by atoms with Gasteiger partial charge >= 0.3 is 0 Å². The van der Waals surface area contributed by atoms with Crippen molar-refractivity contribution in [3.05, 3.63) is 17.7 Å². The minimum Gasteiger partial charge on any atom is -0.493 e. The maximum atomic E-state index is 12.1. The van der Waals surface area contributed by atoms with Crippen molar-refractivity contribution in [2.75, 3.05) is 21.3 Å². The van der Waals surface area contributed by atoms with Crippen LogP contribution in [0.25, 0.3) is 0 Å². The third kappa shape index (κ3) is 3.16. The molecular weight excluding hydrogens is 246 g/mol. The fraction of sp³-hybridized carbons (Fsp3) is 0.429. The number of rotatable bonds is 6. The molecule has 1 atom stereocenters. The monoisotopic (exact) mass is 263 g/mol. The molecule has 0 radical (unpaired) electrons. The Morgan fingerprint density at radius 2 is 1.84 bits per heavy atom. The predicted molar refractivity (Wildman–Crippen MR) is 69.8 cm³/mol. The van der Waals surface area contributed by atoms with E-state index in [1.165, 1.54) is 21.3 Å². The Kier molecular flexibility index (Phi) is 5.19. The van der Waals surface area contributed by atoms with Crippen LogP contribution in [0.3, 0.4) is 0 Å². The first-order chi connectivity index (χ1) is 9.08. The lowest BCUT2D eigenvalue weighted by atomic mass is 9.99. The van der Waals surface area contributed by atoms with Crippen molar-refractivity contribution in [3.8, 4) is 23.3 Å². The second-order valence-corrected chi connectivity index (χ2v) is 4.04. The van der Waals surface area contributed by atoms with Crippen LogP contribution in [0, 0.1) is 17.2 Å². The minimum atomic E-state index is -0.342. The van der Waals surface area contributed by atoms with E-state index in [1.54, 1.807) is 19.1 Å².